The fourth-order valence-electron chi connectivity index (χ4n) is 4.51. The standard InChI is InChI=1S/C26H26FN3O2/c27-23-7-3-5-19-6-4-8-24(25(19)23)30-14-12-29(13-15-30)11-1-2-16-32-21-9-10-22-20(17-21)18-28-26(22)31/h3-10,17-18H,1-2,11-16H2. The number of carbonyl (C=O) groups is 1. The van der Waals surface area contributed by atoms with Crippen molar-refractivity contribution < 1.29 is 13.9 Å². The molecule has 1 saturated heterocycles. The molecule has 3 aromatic carbocycles. The van der Waals surface area contributed by atoms with E-state index < -0.39 is 0 Å². The zero-order valence-corrected chi connectivity index (χ0v) is 18.0. The normalized spacial score (nSPS) is 16.0. The van der Waals surface area contributed by atoms with E-state index >= 15 is 0 Å². The Morgan fingerprint density at radius 2 is 1.78 bits per heavy atom. The van der Waals surface area contributed by atoms with Gasteiger partial charge in [-0.05, 0) is 55.1 Å². The number of aliphatic imine (C=N–C) groups is 1. The summed E-state index contributed by atoms with van der Waals surface area (Å²) in [7, 11) is 0. The van der Waals surface area contributed by atoms with E-state index in [1.165, 1.54) is 0 Å². The topological polar surface area (TPSA) is 45.1 Å². The average molecular weight is 432 g/mol. The Hall–Kier alpha value is -3.25. The summed E-state index contributed by atoms with van der Waals surface area (Å²) >= 11 is 0. The van der Waals surface area contributed by atoms with Gasteiger partial charge in [0, 0.05) is 49.0 Å². The van der Waals surface area contributed by atoms with Crippen LogP contribution in [0.15, 0.2) is 59.6 Å². The van der Waals surface area contributed by atoms with Gasteiger partial charge in [0.1, 0.15) is 11.6 Å². The van der Waals surface area contributed by atoms with Crippen molar-refractivity contribution in [3.63, 3.8) is 0 Å². The highest BCUT2D eigenvalue weighted by Crippen LogP contribution is 2.30. The molecule has 0 aliphatic carbocycles. The number of unbranched alkanes of at least 4 members (excludes halogenated alkanes) is 1. The maximum absolute atomic E-state index is 14.5. The van der Waals surface area contributed by atoms with Crippen LogP contribution in [0.5, 0.6) is 5.75 Å². The number of rotatable bonds is 7. The number of amides is 1. The minimum absolute atomic E-state index is 0.150. The quantitative estimate of drug-likeness (QED) is 0.516. The van der Waals surface area contributed by atoms with Gasteiger partial charge in [0.25, 0.3) is 5.91 Å². The van der Waals surface area contributed by atoms with Crippen molar-refractivity contribution in [3.8, 4) is 5.75 Å². The molecule has 2 heterocycles. The molecule has 0 unspecified atom stereocenters. The summed E-state index contributed by atoms with van der Waals surface area (Å²) < 4.78 is 20.3. The predicted octanol–water partition coefficient (Wildman–Crippen LogP) is 4.53. The lowest BCUT2D eigenvalue weighted by Crippen LogP contribution is -2.46. The summed E-state index contributed by atoms with van der Waals surface area (Å²) in [6.45, 7) is 5.44. The van der Waals surface area contributed by atoms with E-state index in [1.54, 1.807) is 24.4 Å². The molecule has 0 N–H and O–H groups in total. The summed E-state index contributed by atoms with van der Waals surface area (Å²) in [5, 5.41) is 1.68. The molecular formula is C26H26FN3O2. The maximum Gasteiger partial charge on any atom is 0.277 e. The smallest absolute Gasteiger partial charge is 0.277 e. The number of fused-ring (bicyclic) bond motifs is 2. The Bertz CT molecular complexity index is 1160. The molecule has 5 nitrogen and oxygen atoms in total. The molecule has 1 fully saturated rings. The first kappa shape index (κ1) is 20.6. The van der Waals surface area contributed by atoms with E-state index in [1.807, 2.05) is 36.4 Å². The summed E-state index contributed by atoms with van der Waals surface area (Å²) in [5.41, 5.74) is 2.47. The molecule has 3 aromatic rings. The Kier molecular flexibility index (Phi) is 5.86. The highest BCUT2D eigenvalue weighted by Gasteiger charge is 2.19. The van der Waals surface area contributed by atoms with Gasteiger partial charge in [-0.1, -0.05) is 24.3 Å². The van der Waals surface area contributed by atoms with Gasteiger partial charge in [0.2, 0.25) is 0 Å². The second kappa shape index (κ2) is 9.09. The van der Waals surface area contributed by atoms with Crippen LogP contribution in [0.3, 0.4) is 0 Å². The molecule has 0 aromatic heterocycles. The highest BCUT2D eigenvalue weighted by atomic mass is 19.1. The van der Waals surface area contributed by atoms with Gasteiger partial charge in [-0.15, -0.1) is 0 Å². The van der Waals surface area contributed by atoms with Crippen LogP contribution in [-0.2, 0) is 0 Å². The number of benzene rings is 3. The maximum atomic E-state index is 14.5. The predicted molar refractivity (Wildman–Crippen MR) is 126 cm³/mol. The Morgan fingerprint density at radius 3 is 2.62 bits per heavy atom. The zero-order valence-electron chi connectivity index (χ0n) is 18.0. The van der Waals surface area contributed by atoms with Gasteiger partial charge in [0.05, 0.1) is 12.2 Å². The van der Waals surface area contributed by atoms with Crippen molar-refractivity contribution in [1.82, 2.24) is 4.90 Å². The third kappa shape index (κ3) is 4.23. The van der Waals surface area contributed by atoms with Crippen molar-refractivity contribution in [2.75, 3.05) is 44.2 Å². The van der Waals surface area contributed by atoms with Crippen LogP contribution in [0.4, 0.5) is 10.1 Å². The number of carbonyl (C=O) groups excluding carboxylic acids is 1. The molecule has 0 bridgehead atoms. The van der Waals surface area contributed by atoms with Crippen LogP contribution in [0.25, 0.3) is 10.8 Å². The first-order valence-electron chi connectivity index (χ1n) is 11.2. The van der Waals surface area contributed by atoms with Crippen LogP contribution in [0, 0.1) is 5.82 Å². The summed E-state index contributed by atoms with van der Waals surface area (Å²) in [6.07, 6.45) is 3.63. The Balaban J connectivity index is 1.07. The highest BCUT2D eigenvalue weighted by molar-refractivity contribution is 6.13. The van der Waals surface area contributed by atoms with Crippen molar-refractivity contribution >= 4 is 28.6 Å². The van der Waals surface area contributed by atoms with Gasteiger partial charge >= 0.3 is 0 Å². The van der Waals surface area contributed by atoms with Crippen LogP contribution in [0.2, 0.25) is 0 Å². The van der Waals surface area contributed by atoms with Gasteiger partial charge in [-0.3, -0.25) is 9.69 Å². The van der Waals surface area contributed by atoms with E-state index in [4.69, 9.17) is 4.74 Å². The van der Waals surface area contributed by atoms with E-state index in [-0.39, 0.29) is 11.7 Å². The van der Waals surface area contributed by atoms with Crippen molar-refractivity contribution in [2.24, 2.45) is 4.99 Å². The van der Waals surface area contributed by atoms with Gasteiger partial charge in [-0.25, -0.2) is 9.38 Å². The summed E-state index contributed by atoms with van der Waals surface area (Å²) in [6, 6.07) is 16.8. The molecule has 2 aliphatic rings. The lowest BCUT2D eigenvalue weighted by molar-refractivity contribution is 0.101. The monoisotopic (exact) mass is 431 g/mol. The van der Waals surface area contributed by atoms with E-state index in [0.29, 0.717) is 12.2 Å². The lowest BCUT2D eigenvalue weighted by atomic mass is 10.1. The van der Waals surface area contributed by atoms with Gasteiger partial charge in [-0.2, -0.15) is 0 Å². The summed E-state index contributed by atoms with van der Waals surface area (Å²) in [4.78, 5) is 20.1. The molecule has 32 heavy (non-hydrogen) atoms. The minimum atomic E-state index is -0.183. The van der Waals surface area contributed by atoms with Crippen LogP contribution in [0.1, 0.15) is 28.8 Å². The van der Waals surface area contributed by atoms with Gasteiger partial charge in [0.15, 0.2) is 0 Å². The molecule has 1 amide bonds. The van der Waals surface area contributed by atoms with Crippen LogP contribution in [-0.4, -0.2) is 56.4 Å². The number of hydrogen-bond acceptors (Lipinski definition) is 4. The van der Waals surface area contributed by atoms with Crippen molar-refractivity contribution in [2.45, 2.75) is 12.8 Å². The van der Waals surface area contributed by atoms with Crippen molar-refractivity contribution in [1.29, 1.82) is 0 Å². The third-order valence-corrected chi connectivity index (χ3v) is 6.26. The first-order valence-corrected chi connectivity index (χ1v) is 11.2. The second-order valence-corrected chi connectivity index (χ2v) is 8.31. The summed E-state index contributed by atoms with van der Waals surface area (Å²) in [5.74, 6) is 0.445. The fraction of sp³-hybridized carbons (Fsp3) is 0.308. The van der Waals surface area contributed by atoms with Gasteiger partial charge < -0.3 is 9.64 Å². The molecule has 0 radical (unpaired) electrons. The van der Waals surface area contributed by atoms with Crippen molar-refractivity contribution in [3.05, 3.63) is 71.5 Å². The van der Waals surface area contributed by atoms with Crippen LogP contribution < -0.4 is 9.64 Å². The molecule has 6 heteroatoms. The molecule has 0 spiro atoms. The minimum Gasteiger partial charge on any atom is -0.494 e. The Labute approximate surface area is 187 Å². The SMILES string of the molecule is O=C1N=Cc2cc(OCCCCN3CCN(c4cccc5cccc(F)c45)CC3)ccc21. The number of anilines is 1. The second-order valence-electron chi connectivity index (χ2n) is 8.31. The first-order chi connectivity index (χ1) is 15.7. The third-order valence-electron chi connectivity index (χ3n) is 6.26. The van der Waals surface area contributed by atoms with E-state index in [2.05, 4.69) is 14.8 Å². The number of piperazine rings is 1. The molecule has 5 rings (SSSR count). The average Bonchev–Trinajstić information content (AvgIpc) is 3.19. The number of nitrogens with zero attached hydrogens (tertiary/aromatic N) is 3. The fourth-order valence-corrected chi connectivity index (χ4v) is 4.51. The number of halogens is 1. The lowest BCUT2D eigenvalue weighted by Gasteiger charge is -2.36. The molecule has 2 aliphatic heterocycles. The molecule has 0 saturated carbocycles. The molecule has 0 atom stereocenters. The zero-order chi connectivity index (χ0) is 21.9. The molecule has 164 valence electrons. The number of hydrogen-bond donors (Lipinski definition) is 0. The van der Waals surface area contributed by atoms with Crippen LogP contribution >= 0.6 is 0 Å². The molecular weight excluding hydrogens is 405 g/mol. The van der Waals surface area contributed by atoms with E-state index in [9.17, 15) is 9.18 Å². The van der Waals surface area contributed by atoms with E-state index in [0.717, 1.165) is 73.3 Å². The Morgan fingerprint density at radius 1 is 0.969 bits per heavy atom. The largest absolute Gasteiger partial charge is 0.494 e. The number of ether oxygens (including phenoxy) is 1.